The standard InChI is InChI=1S/C25H23NO5/c1-17(24(27)26-15-19-11-12-22-23(14-19)30-16-29-22)31-25(28)21-10-6-5-9-20(21)13-18-7-3-2-4-8-18/h2-12,14,17H,13,15-16H2,1H3,(H,26,27)/t17-/m0/s1. The molecule has 6 heteroatoms. The lowest BCUT2D eigenvalue weighted by Gasteiger charge is -2.15. The highest BCUT2D eigenvalue weighted by molar-refractivity contribution is 5.93. The van der Waals surface area contributed by atoms with Gasteiger partial charge in [-0.05, 0) is 48.2 Å². The number of carbonyl (C=O) groups is 2. The van der Waals surface area contributed by atoms with Gasteiger partial charge in [-0.3, -0.25) is 4.79 Å². The summed E-state index contributed by atoms with van der Waals surface area (Å²) < 4.78 is 16.1. The van der Waals surface area contributed by atoms with E-state index in [1.807, 2.05) is 54.6 Å². The van der Waals surface area contributed by atoms with Crippen LogP contribution < -0.4 is 14.8 Å². The Morgan fingerprint density at radius 1 is 0.935 bits per heavy atom. The van der Waals surface area contributed by atoms with Crippen molar-refractivity contribution < 1.29 is 23.8 Å². The molecule has 3 aromatic rings. The van der Waals surface area contributed by atoms with Crippen molar-refractivity contribution in [1.29, 1.82) is 0 Å². The number of benzene rings is 3. The van der Waals surface area contributed by atoms with Gasteiger partial charge in [0.05, 0.1) is 5.56 Å². The van der Waals surface area contributed by atoms with Crippen LogP contribution in [0.25, 0.3) is 0 Å². The van der Waals surface area contributed by atoms with Crippen LogP contribution in [0.5, 0.6) is 11.5 Å². The molecule has 0 bridgehead atoms. The van der Waals surface area contributed by atoms with Gasteiger partial charge in [0.15, 0.2) is 17.6 Å². The third-order valence-electron chi connectivity index (χ3n) is 5.03. The number of nitrogens with one attached hydrogen (secondary N) is 1. The normalized spacial score (nSPS) is 12.8. The lowest BCUT2D eigenvalue weighted by molar-refractivity contribution is -0.129. The zero-order chi connectivity index (χ0) is 21.6. The quantitative estimate of drug-likeness (QED) is 0.591. The predicted molar refractivity (Wildman–Crippen MR) is 115 cm³/mol. The van der Waals surface area contributed by atoms with Crippen LogP contribution in [0.15, 0.2) is 72.8 Å². The lowest BCUT2D eigenvalue weighted by atomic mass is 10.00. The van der Waals surface area contributed by atoms with Crippen molar-refractivity contribution in [3.63, 3.8) is 0 Å². The maximum Gasteiger partial charge on any atom is 0.339 e. The molecule has 158 valence electrons. The Labute approximate surface area is 180 Å². The third kappa shape index (κ3) is 5.04. The lowest BCUT2D eigenvalue weighted by Crippen LogP contribution is -2.35. The maximum atomic E-state index is 12.7. The van der Waals surface area contributed by atoms with Gasteiger partial charge in [-0.15, -0.1) is 0 Å². The van der Waals surface area contributed by atoms with Crippen molar-refractivity contribution >= 4 is 11.9 Å². The first kappa shape index (κ1) is 20.5. The number of amides is 1. The Morgan fingerprint density at radius 3 is 2.52 bits per heavy atom. The number of fused-ring (bicyclic) bond motifs is 1. The Kier molecular flexibility index (Phi) is 6.17. The zero-order valence-electron chi connectivity index (χ0n) is 17.2. The van der Waals surface area contributed by atoms with Gasteiger partial charge in [0.2, 0.25) is 6.79 Å². The van der Waals surface area contributed by atoms with Crippen molar-refractivity contribution in [3.05, 3.63) is 95.1 Å². The largest absolute Gasteiger partial charge is 0.454 e. The van der Waals surface area contributed by atoms with E-state index in [0.717, 1.165) is 16.7 Å². The van der Waals surface area contributed by atoms with Crippen LogP contribution >= 0.6 is 0 Å². The van der Waals surface area contributed by atoms with Crippen molar-refractivity contribution in [2.45, 2.75) is 26.0 Å². The van der Waals surface area contributed by atoms with E-state index in [-0.39, 0.29) is 12.7 Å². The minimum absolute atomic E-state index is 0.198. The van der Waals surface area contributed by atoms with E-state index in [0.29, 0.717) is 30.0 Å². The summed E-state index contributed by atoms with van der Waals surface area (Å²) >= 11 is 0. The molecule has 6 nitrogen and oxygen atoms in total. The van der Waals surface area contributed by atoms with Gasteiger partial charge in [0.1, 0.15) is 0 Å². The van der Waals surface area contributed by atoms with Crippen LogP contribution in [0.2, 0.25) is 0 Å². The first-order chi connectivity index (χ1) is 15.1. The smallest absolute Gasteiger partial charge is 0.339 e. The highest BCUT2D eigenvalue weighted by Gasteiger charge is 2.21. The molecule has 0 aromatic heterocycles. The molecule has 1 N–H and O–H groups in total. The molecule has 0 radical (unpaired) electrons. The number of hydrogen-bond acceptors (Lipinski definition) is 5. The Hall–Kier alpha value is -3.80. The third-order valence-corrected chi connectivity index (χ3v) is 5.03. The van der Waals surface area contributed by atoms with Crippen molar-refractivity contribution in [2.24, 2.45) is 0 Å². The molecule has 1 heterocycles. The van der Waals surface area contributed by atoms with Gasteiger partial charge in [-0.2, -0.15) is 0 Å². The monoisotopic (exact) mass is 417 g/mol. The molecule has 0 aliphatic carbocycles. The second-order valence-electron chi connectivity index (χ2n) is 7.27. The number of ether oxygens (including phenoxy) is 3. The highest BCUT2D eigenvalue weighted by Crippen LogP contribution is 2.32. The number of hydrogen-bond donors (Lipinski definition) is 1. The zero-order valence-corrected chi connectivity index (χ0v) is 17.2. The molecule has 1 aliphatic rings. The van der Waals surface area contributed by atoms with E-state index in [2.05, 4.69) is 5.32 Å². The molecule has 1 atom stereocenters. The van der Waals surface area contributed by atoms with Gasteiger partial charge in [-0.25, -0.2) is 4.79 Å². The van der Waals surface area contributed by atoms with Crippen LogP contribution in [0, 0.1) is 0 Å². The fraction of sp³-hybridized carbons (Fsp3) is 0.200. The van der Waals surface area contributed by atoms with E-state index < -0.39 is 12.1 Å². The van der Waals surface area contributed by atoms with Gasteiger partial charge in [0, 0.05) is 6.54 Å². The fourth-order valence-corrected chi connectivity index (χ4v) is 3.35. The van der Waals surface area contributed by atoms with Gasteiger partial charge >= 0.3 is 5.97 Å². The molecule has 1 amide bonds. The second-order valence-corrected chi connectivity index (χ2v) is 7.27. The summed E-state index contributed by atoms with van der Waals surface area (Å²) in [6, 6.07) is 22.7. The van der Waals surface area contributed by atoms with E-state index in [1.54, 1.807) is 25.1 Å². The van der Waals surface area contributed by atoms with Crippen LogP contribution in [0.1, 0.15) is 34.0 Å². The number of esters is 1. The molecule has 4 rings (SSSR count). The van der Waals surface area contributed by atoms with E-state index in [1.165, 1.54) is 0 Å². The van der Waals surface area contributed by atoms with Crippen molar-refractivity contribution in [1.82, 2.24) is 5.32 Å². The predicted octanol–water partition coefficient (Wildman–Crippen LogP) is 3.87. The second kappa shape index (κ2) is 9.34. The SMILES string of the molecule is C[C@H](OC(=O)c1ccccc1Cc1ccccc1)C(=O)NCc1ccc2c(c1)OCO2. The summed E-state index contributed by atoms with van der Waals surface area (Å²) in [5.74, 6) is 0.455. The first-order valence-corrected chi connectivity index (χ1v) is 10.1. The average Bonchev–Trinajstić information content (AvgIpc) is 3.26. The van der Waals surface area contributed by atoms with Crippen LogP contribution in [0.4, 0.5) is 0 Å². The molecule has 31 heavy (non-hydrogen) atoms. The van der Waals surface area contributed by atoms with Gasteiger partial charge in [0.25, 0.3) is 5.91 Å². The van der Waals surface area contributed by atoms with Crippen LogP contribution in [-0.4, -0.2) is 24.8 Å². The molecule has 0 spiro atoms. The summed E-state index contributed by atoms with van der Waals surface area (Å²) in [6.07, 6.45) is -0.317. The minimum Gasteiger partial charge on any atom is -0.454 e. The Balaban J connectivity index is 1.35. The first-order valence-electron chi connectivity index (χ1n) is 10.1. The molecular formula is C25H23NO5. The Morgan fingerprint density at radius 2 is 1.68 bits per heavy atom. The summed E-state index contributed by atoms with van der Waals surface area (Å²) in [5, 5.41) is 2.79. The van der Waals surface area contributed by atoms with Crippen molar-refractivity contribution in [3.8, 4) is 11.5 Å². The summed E-state index contributed by atoms with van der Waals surface area (Å²) in [6.45, 7) is 2.05. The molecule has 0 saturated heterocycles. The maximum absolute atomic E-state index is 12.7. The van der Waals surface area contributed by atoms with Gasteiger partial charge < -0.3 is 19.5 Å². The molecule has 1 aliphatic heterocycles. The van der Waals surface area contributed by atoms with E-state index >= 15 is 0 Å². The summed E-state index contributed by atoms with van der Waals surface area (Å²) in [4.78, 5) is 25.2. The average molecular weight is 417 g/mol. The van der Waals surface area contributed by atoms with Crippen molar-refractivity contribution in [2.75, 3.05) is 6.79 Å². The Bertz CT molecular complexity index is 1080. The fourth-order valence-electron chi connectivity index (χ4n) is 3.35. The topological polar surface area (TPSA) is 73.9 Å². The number of carbonyl (C=O) groups excluding carboxylic acids is 2. The van der Waals surface area contributed by atoms with E-state index in [9.17, 15) is 9.59 Å². The molecular weight excluding hydrogens is 394 g/mol. The van der Waals surface area contributed by atoms with E-state index in [4.69, 9.17) is 14.2 Å². The van der Waals surface area contributed by atoms with Gasteiger partial charge in [-0.1, -0.05) is 54.6 Å². The van der Waals surface area contributed by atoms with Crippen LogP contribution in [0.3, 0.4) is 0 Å². The molecule has 3 aromatic carbocycles. The molecule has 0 saturated carbocycles. The number of rotatable bonds is 7. The molecule has 0 unspecified atom stereocenters. The van der Waals surface area contributed by atoms with Crippen LogP contribution in [-0.2, 0) is 22.5 Å². The highest BCUT2D eigenvalue weighted by atomic mass is 16.7. The summed E-state index contributed by atoms with van der Waals surface area (Å²) in [5.41, 5.74) is 3.27. The summed E-state index contributed by atoms with van der Waals surface area (Å²) in [7, 11) is 0. The molecule has 0 fully saturated rings. The minimum atomic E-state index is -0.925.